The zero-order chi connectivity index (χ0) is 16.7. The van der Waals surface area contributed by atoms with Gasteiger partial charge in [-0.05, 0) is 19.1 Å². The van der Waals surface area contributed by atoms with Gasteiger partial charge in [0.05, 0.1) is 22.5 Å². The summed E-state index contributed by atoms with van der Waals surface area (Å²) in [5.74, 6) is -2.85. The van der Waals surface area contributed by atoms with Crippen LogP contribution in [0.2, 0.25) is 0 Å². The van der Waals surface area contributed by atoms with Gasteiger partial charge in [-0.2, -0.15) is 0 Å². The smallest absolute Gasteiger partial charge is 0.323 e. The second kappa shape index (κ2) is 5.57. The Kier molecular flexibility index (Phi) is 4.11. The molecule has 1 aromatic carbocycles. The lowest BCUT2D eigenvalue weighted by Crippen LogP contribution is -2.37. The second-order valence-electron chi connectivity index (χ2n) is 4.75. The van der Waals surface area contributed by atoms with Gasteiger partial charge in [-0.1, -0.05) is 6.07 Å². The maximum Gasteiger partial charge on any atom is 0.323 e. The quantitative estimate of drug-likeness (QED) is 0.410. The van der Waals surface area contributed by atoms with E-state index >= 15 is 0 Å². The molecule has 0 saturated carbocycles. The third-order valence-corrected chi connectivity index (χ3v) is 3.56. The van der Waals surface area contributed by atoms with Crippen molar-refractivity contribution >= 4 is 29.1 Å². The molecule has 0 saturated heterocycles. The van der Waals surface area contributed by atoms with Crippen LogP contribution >= 0.6 is 0 Å². The summed E-state index contributed by atoms with van der Waals surface area (Å²) >= 11 is -2.88. The first kappa shape index (κ1) is 16.2. The fourth-order valence-electron chi connectivity index (χ4n) is 2.07. The van der Waals surface area contributed by atoms with Crippen LogP contribution in [0, 0.1) is 0 Å². The number of carboxylic acid groups (broad SMARTS) is 1. The molecule has 1 aliphatic rings. The van der Waals surface area contributed by atoms with E-state index in [1.165, 1.54) is 25.1 Å². The summed E-state index contributed by atoms with van der Waals surface area (Å²) in [6, 6.07) is 3.82. The Hall–Kier alpha value is -2.14. The van der Waals surface area contributed by atoms with E-state index < -0.39 is 41.4 Å². The Balaban J connectivity index is 2.41. The molecule has 0 aromatic heterocycles. The molecule has 118 valence electrons. The first-order valence-electron chi connectivity index (χ1n) is 5.93. The molecule has 1 aliphatic heterocycles. The second-order valence-corrected chi connectivity index (χ2v) is 5.32. The van der Waals surface area contributed by atoms with Gasteiger partial charge in [-0.25, -0.2) is 4.21 Å². The summed E-state index contributed by atoms with van der Waals surface area (Å²) in [6.07, 6.45) is 0. The Bertz CT molecular complexity index is 701. The maximum atomic E-state index is 12.1. The number of hydrogen-bond donors (Lipinski definition) is 2. The molecular weight excluding hydrogens is 316 g/mol. The number of amides is 2. The van der Waals surface area contributed by atoms with Gasteiger partial charge in [0.15, 0.2) is 5.72 Å². The van der Waals surface area contributed by atoms with E-state index in [1.807, 2.05) is 0 Å². The van der Waals surface area contributed by atoms with Gasteiger partial charge in [0.25, 0.3) is 11.8 Å². The number of nitrogens with zero attached hydrogens (tertiary/aromatic N) is 1. The minimum absolute atomic E-state index is 0.0223. The normalized spacial score (nSPS) is 18.0. The van der Waals surface area contributed by atoms with Crippen molar-refractivity contribution in [3.8, 4) is 0 Å². The van der Waals surface area contributed by atoms with Gasteiger partial charge in [0.2, 0.25) is 0 Å². The highest BCUT2D eigenvalue weighted by Gasteiger charge is 2.38. The molecule has 0 fully saturated rings. The Morgan fingerprint density at radius 3 is 2.55 bits per heavy atom. The van der Waals surface area contributed by atoms with Crippen LogP contribution in [-0.2, 0) is 26.1 Å². The molecule has 2 amide bonds. The van der Waals surface area contributed by atoms with Crippen LogP contribution in [-0.4, -0.2) is 43.1 Å². The molecule has 2 atom stereocenters. The van der Waals surface area contributed by atoms with E-state index in [4.69, 9.17) is 10.8 Å². The van der Waals surface area contributed by atoms with Gasteiger partial charge < -0.3 is 9.66 Å². The van der Waals surface area contributed by atoms with Crippen molar-refractivity contribution in [3.05, 3.63) is 34.9 Å². The number of fused-ring (bicyclic) bond motifs is 1. The Morgan fingerprint density at radius 1 is 1.41 bits per heavy atom. The lowest BCUT2D eigenvalue weighted by molar-refractivity contribution is -0.137. The molecule has 2 unspecified atom stereocenters. The van der Waals surface area contributed by atoms with E-state index in [1.54, 1.807) is 0 Å². The number of carbonyl (C=O) groups excluding carboxylic acids is 2. The van der Waals surface area contributed by atoms with Crippen LogP contribution in [0.5, 0.6) is 0 Å². The van der Waals surface area contributed by atoms with Gasteiger partial charge in [-0.3, -0.25) is 29.2 Å². The SMILES string of the molecule is CC(N)(OS(=O)[O-])c1ccc2c(c1)C(=O)N(CC(=O)O)C2=O. The highest BCUT2D eigenvalue weighted by molar-refractivity contribution is 7.74. The highest BCUT2D eigenvalue weighted by Crippen LogP contribution is 2.28. The third-order valence-electron chi connectivity index (χ3n) is 3.08. The molecule has 10 heteroatoms. The minimum Gasteiger partial charge on any atom is -0.750 e. The predicted octanol–water partition coefficient (Wildman–Crippen LogP) is -0.691. The average molecular weight is 327 g/mol. The Labute approximate surface area is 127 Å². The first-order valence-corrected chi connectivity index (χ1v) is 6.93. The van der Waals surface area contributed by atoms with Gasteiger partial charge in [0.1, 0.15) is 6.54 Å². The number of benzene rings is 1. The molecule has 3 N–H and O–H groups in total. The van der Waals surface area contributed by atoms with E-state index in [9.17, 15) is 23.1 Å². The number of rotatable bonds is 5. The topological polar surface area (TPSA) is 150 Å². The van der Waals surface area contributed by atoms with Crippen LogP contribution in [0.4, 0.5) is 0 Å². The number of hydrogen-bond acceptors (Lipinski definition) is 7. The van der Waals surface area contributed by atoms with Crippen molar-refractivity contribution < 1.29 is 32.4 Å². The third kappa shape index (κ3) is 2.90. The number of nitrogens with two attached hydrogens (primary N) is 1. The highest BCUT2D eigenvalue weighted by atomic mass is 32.2. The number of aliphatic carboxylic acids is 1. The summed E-state index contributed by atoms with van der Waals surface area (Å²) in [5.41, 5.74) is 4.09. The van der Waals surface area contributed by atoms with Crippen molar-refractivity contribution in [1.29, 1.82) is 0 Å². The minimum atomic E-state index is -2.88. The van der Waals surface area contributed by atoms with E-state index in [-0.39, 0.29) is 16.7 Å². The maximum absolute atomic E-state index is 12.1. The summed E-state index contributed by atoms with van der Waals surface area (Å²) in [7, 11) is 0. The van der Waals surface area contributed by atoms with Crippen LogP contribution < -0.4 is 5.73 Å². The van der Waals surface area contributed by atoms with Crippen LogP contribution in [0.3, 0.4) is 0 Å². The van der Waals surface area contributed by atoms with Crippen molar-refractivity contribution in [1.82, 2.24) is 4.90 Å². The van der Waals surface area contributed by atoms with Crippen molar-refractivity contribution in [2.75, 3.05) is 6.54 Å². The fourth-order valence-corrected chi connectivity index (χ4v) is 2.45. The first-order chi connectivity index (χ1) is 10.1. The Morgan fingerprint density at radius 2 is 2.00 bits per heavy atom. The zero-order valence-electron chi connectivity index (χ0n) is 11.3. The van der Waals surface area contributed by atoms with Crippen LogP contribution in [0.15, 0.2) is 18.2 Å². The molecule has 0 bridgehead atoms. The summed E-state index contributed by atoms with van der Waals surface area (Å²) in [5, 5.41) is 8.72. The molecule has 0 aliphatic carbocycles. The van der Waals surface area contributed by atoms with Crippen molar-refractivity contribution in [2.45, 2.75) is 12.6 Å². The number of carboxylic acids is 1. The molecule has 1 heterocycles. The van der Waals surface area contributed by atoms with Crippen molar-refractivity contribution in [3.63, 3.8) is 0 Å². The van der Waals surface area contributed by atoms with Gasteiger partial charge in [0, 0.05) is 5.56 Å². The molecular formula is C12H11N2O7S-. The molecule has 9 nitrogen and oxygen atoms in total. The lowest BCUT2D eigenvalue weighted by Gasteiger charge is -2.26. The standard InChI is InChI=1S/C12H12N2O7S/c1-12(13,21-22(19)20)6-2-3-7-8(4-6)11(18)14(10(7)17)5-9(15)16/h2-4H,5,13H2,1H3,(H,15,16)(H,19,20)/p-1. The summed E-state index contributed by atoms with van der Waals surface area (Å²) in [4.78, 5) is 35.3. The largest absolute Gasteiger partial charge is 0.750 e. The fraction of sp³-hybridized carbons (Fsp3) is 0.250. The lowest BCUT2D eigenvalue weighted by atomic mass is 10.00. The summed E-state index contributed by atoms with van der Waals surface area (Å²) < 4.78 is 25.8. The number of imide groups is 1. The van der Waals surface area contributed by atoms with Gasteiger partial charge >= 0.3 is 5.97 Å². The molecule has 0 spiro atoms. The molecule has 2 rings (SSSR count). The predicted molar refractivity (Wildman–Crippen MR) is 71.0 cm³/mol. The van der Waals surface area contributed by atoms with Crippen LogP contribution in [0.1, 0.15) is 33.2 Å². The molecule has 0 radical (unpaired) electrons. The molecule has 1 aromatic rings. The zero-order valence-corrected chi connectivity index (χ0v) is 12.1. The summed E-state index contributed by atoms with van der Waals surface area (Å²) in [6.45, 7) is 0.503. The number of carbonyl (C=O) groups is 3. The molecule has 22 heavy (non-hydrogen) atoms. The van der Waals surface area contributed by atoms with Crippen LogP contribution in [0.25, 0.3) is 0 Å². The van der Waals surface area contributed by atoms with E-state index in [0.717, 1.165) is 0 Å². The monoisotopic (exact) mass is 327 g/mol. The van der Waals surface area contributed by atoms with E-state index in [2.05, 4.69) is 4.18 Å². The van der Waals surface area contributed by atoms with Gasteiger partial charge in [-0.15, -0.1) is 0 Å². The van der Waals surface area contributed by atoms with E-state index in [0.29, 0.717) is 4.90 Å². The average Bonchev–Trinajstić information content (AvgIpc) is 2.62. The van der Waals surface area contributed by atoms with Crippen molar-refractivity contribution in [2.24, 2.45) is 5.73 Å².